The summed E-state index contributed by atoms with van der Waals surface area (Å²) in [4.78, 5) is 13.3. The number of nitrogens with zero attached hydrogens (tertiary/aromatic N) is 1. The third-order valence-corrected chi connectivity index (χ3v) is 6.59. The van der Waals surface area contributed by atoms with Crippen molar-refractivity contribution in [1.29, 1.82) is 0 Å². The normalized spacial score (nSPS) is 11.2. The minimum absolute atomic E-state index is 0.0661. The van der Waals surface area contributed by atoms with E-state index < -0.39 is 15.9 Å². The molecule has 0 spiro atoms. The zero-order valence-corrected chi connectivity index (χ0v) is 17.3. The number of halogens is 1. The fourth-order valence-electron chi connectivity index (χ4n) is 2.71. The van der Waals surface area contributed by atoms with E-state index in [0.717, 1.165) is 19.9 Å². The maximum atomic E-state index is 13.4. The van der Waals surface area contributed by atoms with Crippen LogP contribution in [0.2, 0.25) is 0 Å². The Kier molecular flexibility index (Phi) is 5.48. The first-order valence-electron chi connectivity index (χ1n) is 8.29. The number of aryl methyl sites for hydroxylation is 1. The second-order valence-corrected chi connectivity index (χ2v) is 8.82. The molecule has 3 aromatic rings. The Balaban J connectivity index is 2.22. The molecule has 0 saturated heterocycles. The minimum atomic E-state index is -4.08. The summed E-state index contributed by atoms with van der Waals surface area (Å²) in [5.41, 5.74) is 2.29. The highest BCUT2D eigenvalue weighted by atomic mass is 79.9. The van der Waals surface area contributed by atoms with Gasteiger partial charge in [-0.1, -0.05) is 46.3 Å². The van der Waals surface area contributed by atoms with E-state index >= 15 is 0 Å². The quantitative estimate of drug-likeness (QED) is 0.563. The summed E-state index contributed by atoms with van der Waals surface area (Å²) in [6, 6.07) is 19.9. The molecule has 0 aliphatic carbocycles. The number of amides is 1. The van der Waals surface area contributed by atoms with Crippen molar-refractivity contribution in [1.82, 2.24) is 0 Å². The number of carbonyl (C=O) groups is 1. The average molecular weight is 444 g/mol. The lowest BCUT2D eigenvalue weighted by Crippen LogP contribution is -2.37. The number of sulfonamides is 1. The molecule has 3 rings (SSSR count). The Morgan fingerprint density at radius 1 is 0.852 bits per heavy atom. The molecular weight excluding hydrogens is 426 g/mol. The third-order valence-electron chi connectivity index (χ3n) is 4.35. The van der Waals surface area contributed by atoms with Crippen molar-refractivity contribution in [3.05, 3.63) is 94.0 Å². The smallest absolute Gasteiger partial charge is 0.268 e. The van der Waals surface area contributed by atoms with E-state index in [1.807, 2.05) is 19.9 Å². The molecule has 0 aliphatic rings. The number of rotatable bonds is 4. The minimum Gasteiger partial charge on any atom is -0.268 e. The van der Waals surface area contributed by atoms with Crippen LogP contribution in [-0.4, -0.2) is 14.3 Å². The second-order valence-electron chi connectivity index (χ2n) is 6.11. The SMILES string of the molecule is Cc1cccc(N(C(=O)c2ccc(Br)cc2)S(=O)(=O)c2ccccc2)c1C. The summed E-state index contributed by atoms with van der Waals surface area (Å²) >= 11 is 3.33. The van der Waals surface area contributed by atoms with Gasteiger partial charge < -0.3 is 0 Å². The van der Waals surface area contributed by atoms with Gasteiger partial charge in [-0.15, -0.1) is 0 Å². The van der Waals surface area contributed by atoms with Gasteiger partial charge in [0, 0.05) is 10.0 Å². The number of hydrogen-bond acceptors (Lipinski definition) is 3. The Bertz CT molecular complexity index is 1080. The summed E-state index contributed by atoms with van der Waals surface area (Å²) in [6.45, 7) is 3.70. The van der Waals surface area contributed by atoms with Crippen LogP contribution in [0.3, 0.4) is 0 Å². The standard InChI is InChI=1S/C21H18BrNO3S/c1-15-7-6-10-20(16(15)2)23(21(24)17-11-13-18(22)14-12-17)27(25,26)19-8-4-3-5-9-19/h3-14H,1-2H3. The van der Waals surface area contributed by atoms with E-state index in [0.29, 0.717) is 11.3 Å². The highest BCUT2D eigenvalue weighted by Gasteiger charge is 2.32. The maximum Gasteiger partial charge on any atom is 0.272 e. The summed E-state index contributed by atoms with van der Waals surface area (Å²) in [7, 11) is -4.08. The van der Waals surface area contributed by atoms with Gasteiger partial charge >= 0.3 is 0 Å². The molecule has 3 aromatic carbocycles. The lowest BCUT2D eigenvalue weighted by molar-refractivity contribution is 0.100. The zero-order chi connectivity index (χ0) is 19.6. The first kappa shape index (κ1) is 19.3. The van der Waals surface area contributed by atoms with Crippen LogP contribution >= 0.6 is 15.9 Å². The predicted molar refractivity (Wildman–Crippen MR) is 110 cm³/mol. The van der Waals surface area contributed by atoms with Crippen LogP contribution in [0.25, 0.3) is 0 Å². The molecule has 0 atom stereocenters. The average Bonchev–Trinajstić information content (AvgIpc) is 2.66. The lowest BCUT2D eigenvalue weighted by atomic mass is 10.1. The maximum absolute atomic E-state index is 13.4. The van der Waals surface area contributed by atoms with Gasteiger partial charge in [0.25, 0.3) is 15.9 Å². The Labute approximate surface area is 167 Å². The van der Waals surface area contributed by atoms with E-state index in [4.69, 9.17) is 0 Å². The van der Waals surface area contributed by atoms with Crippen molar-refractivity contribution in [3.63, 3.8) is 0 Å². The van der Waals surface area contributed by atoms with Gasteiger partial charge in [-0.3, -0.25) is 4.79 Å². The lowest BCUT2D eigenvalue weighted by Gasteiger charge is -2.25. The van der Waals surface area contributed by atoms with Gasteiger partial charge in [-0.2, -0.15) is 4.31 Å². The topological polar surface area (TPSA) is 54.5 Å². The molecule has 0 bridgehead atoms. The van der Waals surface area contributed by atoms with E-state index in [-0.39, 0.29) is 4.90 Å². The molecule has 4 nitrogen and oxygen atoms in total. The van der Waals surface area contributed by atoms with Crippen LogP contribution in [0.1, 0.15) is 21.5 Å². The number of benzene rings is 3. The van der Waals surface area contributed by atoms with Crippen molar-refractivity contribution in [2.45, 2.75) is 18.7 Å². The van der Waals surface area contributed by atoms with Gasteiger partial charge in [-0.25, -0.2) is 8.42 Å². The van der Waals surface area contributed by atoms with Gasteiger partial charge in [0.1, 0.15) is 0 Å². The molecule has 6 heteroatoms. The van der Waals surface area contributed by atoms with Crippen molar-refractivity contribution in [3.8, 4) is 0 Å². The van der Waals surface area contributed by atoms with Crippen molar-refractivity contribution in [2.75, 3.05) is 4.31 Å². The van der Waals surface area contributed by atoms with Gasteiger partial charge in [0.05, 0.1) is 10.6 Å². The van der Waals surface area contributed by atoms with Crippen LogP contribution < -0.4 is 4.31 Å². The first-order valence-corrected chi connectivity index (χ1v) is 10.5. The van der Waals surface area contributed by atoms with Gasteiger partial charge in [-0.05, 0) is 67.4 Å². The Hall–Kier alpha value is -2.44. The van der Waals surface area contributed by atoms with Crippen molar-refractivity contribution < 1.29 is 13.2 Å². The van der Waals surface area contributed by atoms with Crippen molar-refractivity contribution in [2.24, 2.45) is 0 Å². The molecule has 0 N–H and O–H groups in total. The Morgan fingerprint density at radius 2 is 1.48 bits per heavy atom. The molecule has 0 fully saturated rings. The van der Waals surface area contributed by atoms with E-state index in [9.17, 15) is 13.2 Å². The van der Waals surface area contributed by atoms with Crippen LogP contribution in [0.15, 0.2) is 82.2 Å². The van der Waals surface area contributed by atoms with Gasteiger partial charge in [0.2, 0.25) is 0 Å². The Morgan fingerprint density at radius 3 is 2.11 bits per heavy atom. The molecule has 27 heavy (non-hydrogen) atoms. The third kappa shape index (κ3) is 3.82. The summed E-state index contributed by atoms with van der Waals surface area (Å²) < 4.78 is 28.5. The fraction of sp³-hybridized carbons (Fsp3) is 0.0952. The molecule has 0 aliphatic heterocycles. The summed E-state index contributed by atoms with van der Waals surface area (Å²) in [6.07, 6.45) is 0. The molecule has 138 valence electrons. The van der Waals surface area contributed by atoms with Crippen LogP contribution in [-0.2, 0) is 10.0 Å². The first-order chi connectivity index (χ1) is 12.8. The van der Waals surface area contributed by atoms with Gasteiger partial charge in [0.15, 0.2) is 0 Å². The predicted octanol–water partition coefficient (Wildman–Crippen LogP) is 5.10. The zero-order valence-electron chi connectivity index (χ0n) is 14.9. The molecule has 0 aromatic heterocycles. The second kappa shape index (κ2) is 7.66. The van der Waals surface area contributed by atoms with Crippen LogP contribution in [0.5, 0.6) is 0 Å². The molecule has 0 unspecified atom stereocenters. The molecule has 0 radical (unpaired) electrons. The van der Waals surface area contributed by atoms with E-state index in [2.05, 4.69) is 15.9 Å². The highest BCUT2D eigenvalue weighted by Crippen LogP contribution is 2.30. The number of anilines is 1. The molecule has 0 heterocycles. The monoisotopic (exact) mass is 443 g/mol. The largest absolute Gasteiger partial charge is 0.272 e. The summed E-state index contributed by atoms with van der Waals surface area (Å²) in [5, 5.41) is 0. The number of carbonyl (C=O) groups excluding carboxylic acids is 1. The highest BCUT2D eigenvalue weighted by molar-refractivity contribution is 9.10. The van der Waals surface area contributed by atoms with Crippen molar-refractivity contribution >= 4 is 37.5 Å². The molecule has 1 amide bonds. The molecule has 0 saturated carbocycles. The van der Waals surface area contributed by atoms with Crippen LogP contribution in [0, 0.1) is 13.8 Å². The summed E-state index contributed by atoms with van der Waals surface area (Å²) in [5.74, 6) is -0.597. The number of hydrogen-bond donors (Lipinski definition) is 0. The fourth-order valence-corrected chi connectivity index (χ4v) is 4.47. The van der Waals surface area contributed by atoms with E-state index in [1.165, 1.54) is 12.1 Å². The molecular formula is C21H18BrNO3S. The van der Waals surface area contributed by atoms with E-state index in [1.54, 1.807) is 54.6 Å². The van der Waals surface area contributed by atoms with Crippen LogP contribution in [0.4, 0.5) is 5.69 Å².